The number of nitrogens with zero attached hydrogens (tertiary/aromatic N) is 1. The second-order valence-electron chi connectivity index (χ2n) is 1.77. The molecule has 0 spiro atoms. The van der Waals surface area contributed by atoms with Crippen molar-refractivity contribution in [1.29, 1.82) is 0 Å². The van der Waals surface area contributed by atoms with Crippen LogP contribution in [0.2, 0.25) is 0 Å². The first-order chi connectivity index (χ1) is 4.70. The number of phenolic OH excluding ortho intramolecular Hbond substituents is 1. The summed E-state index contributed by atoms with van der Waals surface area (Å²) in [6.45, 7) is 0. The van der Waals surface area contributed by atoms with Gasteiger partial charge in [0.25, 0.3) is 5.69 Å². The molecule has 0 aliphatic heterocycles. The van der Waals surface area contributed by atoms with E-state index >= 15 is 0 Å². The molecule has 0 unspecified atom stereocenters. The van der Waals surface area contributed by atoms with Crippen LogP contribution in [0.1, 0.15) is 0 Å². The monoisotopic (exact) mass is 162 g/mol. The normalized spacial score (nSPS) is 8.36. The van der Waals surface area contributed by atoms with Crippen LogP contribution < -0.4 is 29.6 Å². The number of nitro benzene ring substituents is 1. The van der Waals surface area contributed by atoms with Crippen LogP contribution in [0.5, 0.6) is 5.75 Å². The Morgan fingerprint density at radius 1 is 1.27 bits per heavy atom. The molecule has 0 saturated heterocycles. The summed E-state index contributed by atoms with van der Waals surface area (Å²) in [5.41, 5.74) is -0.0159. The number of nitro groups is 1. The van der Waals surface area contributed by atoms with Gasteiger partial charge in [-0.2, -0.15) is 0 Å². The molecule has 1 rings (SSSR count). The minimum absolute atomic E-state index is 0. The molecule has 0 heterocycles. The standard InChI is InChI=1S/C6H5NO3.Na/c8-6-3-1-5(2-4-6)7(9)10;/h1-4,8H;/q;+1. The molecular weight excluding hydrogens is 157 g/mol. The van der Waals surface area contributed by atoms with Crippen molar-refractivity contribution in [1.82, 2.24) is 0 Å². The fourth-order valence-corrected chi connectivity index (χ4v) is 0.574. The molecule has 0 radical (unpaired) electrons. The summed E-state index contributed by atoms with van der Waals surface area (Å²) in [5.74, 6) is 0.0330. The van der Waals surface area contributed by atoms with Crippen LogP contribution in [0.25, 0.3) is 0 Å². The van der Waals surface area contributed by atoms with Gasteiger partial charge in [0.2, 0.25) is 0 Å². The summed E-state index contributed by atoms with van der Waals surface area (Å²) in [6.07, 6.45) is 0. The molecule has 5 heteroatoms. The third-order valence-corrected chi connectivity index (χ3v) is 1.06. The summed E-state index contributed by atoms with van der Waals surface area (Å²) >= 11 is 0. The number of aromatic hydroxyl groups is 1. The fraction of sp³-hybridized carbons (Fsp3) is 0. The van der Waals surface area contributed by atoms with Crippen molar-refractivity contribution in [3.8, 4) is 5.75 Å². The summed E-state index contributed by atoms with van der Waals surface area (Å²) in [7, 11) is 0. The van der Waals surface area contributed by atoms with Crippen LogP contribution >= 0.6 is 0 Å². The molecule has 0 aliphatic rings. The SMILES string of the molecule is O=[N+]([O-])c1ccc(O)cc1.[Na+]. The van der Waals surface area contributed by atoms with Crippen molar-refractivity contribution in [2.75, 3.05) is 0 Å². The Morgan fingerprint density at radius 2 is 1.73 bits per heavy atom. The maximum Gasteiger partial charge on any atom is 1.00 e. The van der Waals surface area contributed by atoms with E-state index in [2.05, 4.69) is 0 Å². The van der Waals surface area contributed by atoms with Crippen LogP contribution in [0.3, 0.4) is 0 Å². The topological polar surface area (TPSA) is 63.4 Å². The van der Waals surface area contributed by atoms with Crippen LogP contribution in [0.15, 0.2) is 24.3 Å². The quantitative estimate of drug-likeness (QED) is 0.304. The smallest absolute Gasteiger partial charge is 0.508 e. The molecule has 1 aromatic rings. The van der Waals surface area contributed by atoms with Crippen LogP contribution in [0, 0.1) is 10.1 Å². The Morgan fingerprint density at radius 3 is 2.09 bits per heavy atom. The molecular formula is C6H5NNaO3+. The van der Waals surface area contributed by atoms with E-state index in [9.17, 15) is 10.1 Å². The van der Waals surface area contributed by atoms with Gasteiger partial charge in [-0.1, -0.05) is 0 Å². The number of rotatable bonds is 1. The Bertz CT molecular complexity index is 247. The predicted molar refractivity (Wildman–Crippen MR) is 34.8 cm³/mol. The minimum atomic E-state index is -0.514. The van der Waals surface area contributed by atoms with Crippen LogP contribution in [-0.2, 0) is 0 Å². The van der Waals surface area contributed by atoms with Crippen LogP contribution in [-0.4, -0.2) is 10.0 Å². The van der Waals surface area contributed by atoms with Gasteiger partial charge in [-0.05, 0) is 12.1 Å². The van der Waals surface area contributed by atoms with Crippen molar-refractivity contribution in [3.05, 3.63) is 34.4 Å². The zero-order valence-electron chi connectivity index (χ0n) is 6.02. The summed E-state index contributed by atoms with van der Waals surface area (Å²) in [4.78, 5) is 9.52. The fourth-order valence-electron chi connectivity index (χ4n) is 0.574. The number of non-ortho nitro benzene ring substituents is 1. The Hall–Kier alpha value is -0.580. The second-order valence-corrected chi connectivity index (χ2v) is 1.77. The van der Waals surface area contributed by atoms with Gasteiger partial charge in [-0.15, -0.1) is 0 Å². The largest absolute Gasteiger partial charge is 1.00 e. The van der Waals surface area contributed by atoms with Gasteiger partial charge >= 0.3 is 29.6 Å². The third kappa shape index (κ3) is 2.88. The van der Waals surface area contributed by atoms with Gasteiger partial charge in [-0.3, -0.25) is 10.1 Å². The summed E-state index contributed by atoms with van der Waals surface area (Å²) < 4.78 is 0. The van der Waals surface area contributed by atoms with E-state index < -0.39 is 4.92 Å². The molecule has 1 aromatic carbocycles. The van der Waals surface area contributed by atoms with Gasteiger partial charge in [0, 0.05) is 12.1 Å². The van der Waals surface area contributed by atoms with Crippen molar-refractivity contribution in [3.63, 3.8) is 0 Å². The van der Waals surface area contributed by atoms with E-state index in [1.807, 2.05) is 0 Å². The van der Waals surface area contributed by atoms with Gasteiger partial charge in [0.1, 0.15) is 5.75 Å². The Labute approximate surface area is 85.3 Å². The average molecular weight is 162 g/mol. The zero-order chi connectivity index (χ0) is 7.56. The van der Waals surface area contributed by atoms with Gasteiger partial charge in [-0.25, -0.2) is 0 Å². The number of phenols is 1. The van der Waals surface area contributed by atoms with E-state index in [1.165, 1.54) is 24.3 Å². The average Bonchev–Trinajstić information content (AvgIpc) is 1.88. The summed E-state index contributed by atoms with van der Waals surface area (Å²) in [5, 5.41) is 18.8. The maximum atomic E-state index is 10.0. The summed E-state index contributed by atoms with van der Waals surface area (Å²) in [6, 6.07) is 5.04. The molecule has 0 saturated carbocycles. The van der Waals surface area contributed by atoms with E-state index in [-0.39, 0.29) is 41.0 Å². The molecule has 11 heavy (non-hydrogen) atoms. The van der Waals surface area contributed by atoms with Gasteiger partial charge in [0.15, 0.2) is 0 Å². The molecule has 0 fully saturated rings. The first kappa shape index (κ1) is 10.4. The van der Waals surface area contributed by atoms with Crippen LogP contribution in [0.4, 0.5) is 5.69 Å². The molecule has 0 amide bonds. The van der Waals surface area contributed by atoms with Gasteiger partial charge < -0.3 is 5.11 Å². The number of hydrogen-bond donors (Lipinski definition) is 1. The number of benzene rings is 1. The molecule has 0 aliphatic carbocycles. The second kappa shape index (κ2) is 4.33. The van der Waals surface area contributed by atoms with Gasteiger partial charge in [0.05, 0.1) is 4.92 Å². The Balaban J connectivity index is 0.000001000. The first-order valence-corrected chi connectivity index (χ1v) is 2.63. The van der Waals surface area contributed by atoms with E-state index in [0.717, 1.165) is 0 Å². The molecule has 0 bridgehead atoms. The maximum absolute atomic E-state index is 10.0. The van der Waals surface area contributed by atoms with Crippen molar-refractivity contribution < 1.29 is 39.6 Å². The van der Waals surface area contributed by atoms with E-state index in [4.69, 9.17) is 5.11 Å². The van der Waals surface area contributed by atoms with Crippen molar-refractivity contribution >= 4 is 5.69 Å². The molecule has 52 valence electrons. The molecule has 0 aromatic heterocycles. The van der Waals surface area contributed by atoms with E-state index in [0.29, 0.717) is 0 Å². The first-order valence-electron chi connectivity index (χ1n) is 2.63. The predicted octanol–water partition coefficient (Wildman–Crippen LogP) is -1.70. The number of hydrogen-bond acceptors (Lipinski definition) is 3. The van der Waals surface area contributed by atoms with Crippen molar-refractivity contribution in [2.24, 2.45) is 0 Å². The van der Waals surface area contributed by atoms with E-state index in [1.54, 1.807) is 0 Å². The minimum Gasteiger partial charge on any atom is -0.508 e. The molecule has 4 nitrogen and oxygen atoms in total. The Kier molecular flexibility index (Phi) is 4.10. The molecule has 0 atom stereocenters. The van der Waals surface area contributed by atoms with Crippen molar-refractivity contribution in [2.45, 2.75) is 0 Å². The molecule has 1 N–H and O–H groups in total. The third-order valence-electron chi connectivity index (χ3n) is 1.06. The zero-order valence-corrected chi connectivity index (χ0v) is 8.02.